The summed E-state index contributed by atoms with van der Waals surface area (Å²) in [4.78, 5) is 10.8. The summed E-state index contributed by atoms with van der Waals surface area (Å²) in [6, 6.07) is 3.43. The van der Waals surface area contributed by atoms with Gasteiger partial charge in [0.15, 0.2) is 0 Å². The molecular weight excluding hydrogens is 242 g/mol. The lowest BCUT2D eigenvalue weighted by molar-refractivity contribution is -0.116. The van der Waals surface area contributed by atoms with Gasteiger partial charge in [-0.15, -0.1) is 0 Å². The van der Waals surface area contributed by atoms with Crippen LogP contribution in [-0.4, -0.2) is 26.5 Å². The molecule has 0 aliphatic heterocycles. The van der Waals surface area contributed by atoms with Crippen LogP contribution < -0.4 is 14.8 Å². The number of benzene rings is 1. The van der Waals surface area contributed by atoms with Crippen molar-refractivity contribution in [3.8, 4) is 11.5 Å². The van der Waals surface area contributed by atoms with Crippen LogP contribution in [0.4, 0.5) is 5.69 Å². The lowest BCUT2D eigenvalue weighted by atomic mass is 10.2. The van der Waals surface area contributed by atoms with Gasteiger partial charge in [-0.1, -0.05) is 11.6 Å². The molecule has 0 atom stereocenters. The summed E-state index contributed by atoms with van der Waals surface area (Å²) >= 11 is 5.98. The zero-order valence-electron chi connectivity index (χ0n) is 10.2. The van der Waals surface area contributed by atoms with Crippen molar-refractivity contribution in [2.45, 2.75) is 13.3 Å². The van der Waals surface area contributed by atoms with Crippen LogP contribution in [0.2, 0.25) is 5.02 Å². The Bertz CT molecular complexity index is 407. The second-order valence-electron chi connectivity index (χ2n) is 3.57. The van der Waals surface area contributed by atoms with E-state index < -0.39 is 0 Å². The number of ketones is 1. The van der Waals surface area contributed by atoms with Crippen molar-refractivity contribution in [3.05, 3.63) is 17.2 Å². The molecule has 0 radical (unpaired) electrons. The Morgan fingerprint density at radius 1 is 1.29 bits per heavy atom. The standard InChI is InChI=1S/C12H16ClNO3/c1-8(15)4-5-14-10-7-11(16-2)9(13)6-12(10)17-3/h6-7,14H,4-5H2,1-3H3. The number of hydrogen-bond acceptors (Lipinski definition) is 4. The molecule has 1 N–H and O–H groups in total. The Hall–Kier alpha value is -1.42. The second kappa shape index (κ2) is 6.35. The van der Waals surface area contributed by atoms with E-state index in [-0.39, 0.29) is 5.78 Å². The molecule has 0 saturated carbocycles. The van der Waals surface area contributed by atoms with Gasteiger partial charge in [0.25, 0.3) is 0 Å². The summed E-state index contributed by atoms with van der Waals surface area (Å²) < 4.78 is 10.3. The molecule has 0 aliphatic carbocycles. The maximum absolute atomic E-state index is 10.8. The lowest BCUT2D eigenvalue weighted by Crippen LogP contribution is -2.07. The molecule has 0 aliphatic rings. The molecule has 0 saturated heterocycles. The van der Waals surface area contributed by atoms with E-state index in [4.69, 9.17) is 21.1 Å². The number of methoxy groups -OCH3 is 2. The van der Waals surface area contributed by atoms with Crippen molar-refractivity contribution in [1.82, 2.24) is 0 Å². The van der Waals surface area contributed by atoms with Crippen LogP contribution in [0.15, 0.2) is 12.1 Å². The smallest absolute Gasteiger partial charge is 0.143 e. The van der Waals surface area contributed by atoms with E-state index in [0.29, 0.717) is 29.5 Å². The van der Waals surface area contributed by atoms with E-state index in [2.05, 4.69) is 5.32 Å². The highest BCUT2D eigenvalue weighted by Gasteiger charge is 2.09. The van der Waals surface area contributed by atoms with Gasteiger partial charge in [-0.05, 0) is 6.92 Å². The Morgan fingerprint density at radius 2 is 1.94 bits per heavy atom. The predicted molar refractivity (Wildman–Crippen MR) is 68.3 cm³/mol. The second-order valence-corrected chi connectivity index (χ2v) is 3.97. The molecule has 1 rings (SSSR count). The maximum Gasteiger partial charge on any atom is 0.143 e. The third-order valence-corrected chi connectivity index (χ3v) is 2.56. The lowest BCUT2D eigenvalue weighted by Gasteiger charge is -2.13. The molecule has 1 aromatic carbocycles. The summed E-state index contributed by atoms with van der Waals surface area (Å²) in [7, 11) is 3.11. The van der Waals surface area contributed by atoms with Gasteiger partial charge < -0.3 is 14.8 Å². The Morgan fingerprint density at radius 3 is 2.47 bits per heavy atom. The Labute approximate surface area is 106 Å². The van der Waals surface area contributed by atoms with Gasteiger partial charge in [-0.3, -0.25) is 4.79 Å². The molecule has 4 nitrogen and oxygen atoms in total. The summed E-state index contributed by atoms with van der Waals surface area (Å²) in [6.07, 6.45) is 0.466. The number of anilines is 1. The summed E-state index contributed by atoms with van der Waals surface area (Å²) in [5, 5.41) is 3.60. The van der Waals surface area contributed by atoms with Crippen molar-refractivity contribution >= 4 is 23.1 Å². The van der Waals surface area contributed by atoms with Gasteiger partial charge in [0.05, 0.1) is 24.9 Å². The van der Waals surface area contributed by atoms with Crippen LogP contribution in [0, 0.1) is 0 Å². The van der Waals surface area contributed by atoms with E-state index in [0.717, 1.165) is 5.69 Å². The van der Waals surface area contributed by atoms with Crippen LogP contribution in [0.25, 0.3) is 0 Å². The molecular formula is C12H16ClNO3. The largest absolute Gasteiger partial charge is 0.495 e. The van der Waals surface area contributed by atoms with E-state index in [9.17, 15) is 4.79 Å². The molecule has 17 heavy (non-hydrogen) atoms. The maximum atomic E-state index is 10.8. The topological polar surface area (TPSA) is 47.6 Å². The van der Waals surface area contributed by atoms with Gasteiger partial charge in [0.2, 0.25) is 0 Å². The van der Waals surface area contributed by atoms with Crippen molar-refractivity contribution in [1.29, 1.82) is 0 Å². The van der Waals surface area contributed by atoms with Gasteiger partial charge >= 0.3 is 0 Å². The van der Waals surface area contributed by atoms with Gasteiger partial charge in [-0.25, -0.2) is 0 Å². The number of ether oxygens (including phenoxy) is 2. The first-order valence-corrected chi connectivity index (χ1v) is 5.61. The third kappa shape index (κ3) is 3.82. The highest BCUT2D eigenvalue weighted by molar-refractivity contribution is 6.32. The minimum Gasteiger partial charge on any atom is -0.495 e. The minimum atomic E-state index is 0.136. The SMILES string of the molecule is COc1cc(NCCC(C)=O)c(OC)cc1Cl. The van der Waals surface area contributed by atoms with Crippen LogP contribution in [0.5, 0.6) is 11.5 Å². The minimum absolute atomic E-state index is 0.136. The zero-order valence-corrected chi connectivity index (χ0v) is 10.9. The molecule has 0 fully saturated rings. The summed E-state index contributed by atoms with van der Waals surface area (Å²) in [5.41, 5.74) is 0.759. The summed E-state index contributed by atoms with van der Waals surface area (Å²) in [6.45, 7) is 2.11. The van der Waals surface area contributed by atoms with Crippen LogP contribution in [0.1, 0.15) is 13.3 Å². The van der Waals surface area contributed by atoms with Crippen molar-refractivity contribution in [3.63, 3.8) is 0 Å². The third-order valence-electron chi connectivity index (χ3n) is 2.27. The number of carbonyl (C=O) groups excluding carboxylic acids is 1. The highest BCUT2D eigenvalue weighted by atomic mass is 35.5. The van der Waals surface area contributed by atoms with Crippen LogP contribution >= 0.6 is 11.6 Å². The van der Waals surface area contributed by atoms with Crippen LogP contribution in [0.3, 0.4) is 0 Å². The normalized spacial score (nSPS) is 9.88. The summed E-state index contributed by atoms with van der Waals surface area (Å²) in [5.74, 6) is 1.33. The van der Waals surface area contributed by atoms with Gasteiger partial charge in [0, 0.05) is 25.1 Å². The van der Waals surface area contributed by atoms with E-state index in [1.165, 1.54) is 0 Å². The quantitative estimate of drug-likeness (QED) is 0.851. The number of halogens is 1. The molecule has 0 heterocycles. The fourth-order valence-electron chi connectivity index (χ4n) is 1.37. The van der Waals surface area contributed by atoms with Crippen LogP contribution in [-0.2, 0) is 4.79 Å². The van der Waals surface area contributed by atoms with Crippen molar-refractivity contribution in [2.24, 2.45) is 0 Å². The van der Waals surface area contributed by atoms with E-state index in [1.807, 2.05) is 0 Å². The number of rotatable bonds is 6. The first-order valence-electron chi connectivity index (χ1n) is 5.23. The predicted octanol–water partition coefficient (Wildman–Crippen LogP) is 2.75. The number of carbonyl (C=O) groups is 1. The van der Waals surface area contributed by atoms with Gasteiger partial charge in [0.1, 0.15) is 17.3 Å². The zero-order chi connectivity index (χ0) is 12.8. The van der Waals surface area contributed by atoms with E-state index in [1.54, 1.807) is 33.3 Å². The molecule has 94 valence electrons. The molecule has 0 aromatic heterocycles. The first kappa shape index (κ1) is 13.6. The monoisotopic (exact) mass is 257 g/mol. The molecule has 0 spiro atoms. The highest BCUT2D eigenvalue weighted by Crippen LogP contribution is 2.35. The average Bonchev–Trinajstić information content (AvgIpc) is 2.30. The number of Topliss-reactive ketones (excluding diaryl/α,β-unsaturated/α-hetero) is 1. The first-order chi connectivity index (χ1) is 8.08. The molecule has 0 unspecified atom stereocenters. The fourth-order valence-corrected chi connectivity index (χ4v) is 1.60. The fraction of sp³-hybridized carbons (Fsp3) is 0.417. The average molecular weight is 258 g/mol. The number of nitrogens with one attached hydrogen (secondary N) is 1. The van der Waals surface area contributed by atoms with Gasteiger partial charge in [-0.2, -0.15) is 0 Å². The Kier molecular flexibility index (Phi) is 5.10. The Balaban J connectivity index is 2.84. The van der Waals surface area contributed by atoms with Crippen molar-refractivity contribution < 1.29 is 14.3 Å². The molecule has 5 heteroatoms. The molecule has 1 aromatic rings. The number of hydrogen-bond donors (Lipinski definition) is 1. The molecule has 0 amide bonds. The van der Waals surface area contributed by atoms with E-state index >= 15 is 0 Å². The molecule has 0 bridgehead atoms. The van der Waals surface area contributed by atoms with Crippen molar-refractivity contribution in [2.75, 3.05) is 26.1 Å².